The number of pyridine rings is 1. The van der Waals surface area contributed by atoms with Gasteiger partial charge < -0.3 is 10.4 Å². The van der Waals surface area contributed by atoms with Crippen LogP contribution in [0.15, 0.2) is 17.1 Å². The molecule has 28 heavy (non-hydrogen) atoms. The molecule has 2 N–H and O–H groups in total. The van der Waals surface area contributed by atoms with Gasteiger partial charge in [-0.25, -0.2) is 4.98 Å². The molecule has 0 aromatic carbocycles. The van der Waals surface area contributed by atoms with Gasteiger partial charge in [-0.1, -0.05) is 25.3 Å². The van der Waals surface area contributed by atoms with E-state index in [-0.39, 0.29) is 18.2 Å². The van der Waals surface area contributed by atoms with Gasteiger partial charge in [0.2, 0.25) is 5.95 Å². The topological polar surface area (TPSA) is 83.3 Å². The molecule has 7 nitrogen and oxygen atoms in total. The molecule has 152 valence electrons. The largest absolute Gasteiger partial charge is 0.391 e. The highest BCUT2D eigenvalue weighted by atomic mass is 32.2. The molecule has 1 aliphatic carbocycles. The number of nitrogens with one attached hydrogen (secondary N) is 1. The van der Waals surface area contributed by atoms with Gasteiger partial charge in [0.25, 0.3) is 5.56 Å². The maximum atomic E-state index is 13.0. The first kappa shape index (κ1) is 19.7. The second kappa shape index (κ2) is 8.39. The van der Waals surface area contributed by atoms with E-state index < -0.39 is 0 Å². The first-order valence-electron chi connectivity index (χ1n) is 10.2. The van der Waals surface area contributed by atoms with Crippen LogP contribution in [0.2, 0.25) is 0 Å². The molecule has 1 aliphatic heterocycles. The monoisotopic (exact) mass is 403 g/mol. The van der Waals surface area contributed by atoms with Crippen molar-refractivity contribution in [3.05, 3.63) is 28.2 Å². The highest BCUT2D eigenvalue weighted by Crippen LogP contribution is 2.36. The van der Waals surface area contributed by atoms with Crippen LogP contribution in [-0.4, -0.2) is 49.3 Å². The average molecular weight is 404 g/mol. The van der Waals surface area contributed by atoms with Crippen LogP contribution in [0.3, 0.4) is 0 Å². The van der Waals surface area contributed by atoms with Crippen LogP contribution in [0, 0.1) is 5.92 Å². The number of hydrogen-bond donors (Lipinski definition) is 2. The number of aliphatic hydroxyl groups excluding tert-OH is 1. The third-order valence-electron chi connectivity index (χ3n) is 6.21. The van der Waals surface area contributed by atoms with E-state index in [2.05, 4.69) is 27.8 Å². The molecule has 2 atom stereocenters. The van der Waals surface area contributed by atoms with Crippen molar-refractivity contribution >= 4 is 28.9 Å². The second-order valence-corrected chi connectivity index (χ2v) is 8.86. The molecule has 3 heterocycles. The molecular formula is C20H29N5O2S. The van der Waals surface area contributed by atoms with Crippen LogP contribution in [-0.2, 0) is 6.61 Å². The predicted molar refractivity (Wildman–Crippen MR) is 114 cm³/mol. The van der Waals surface area contributed by atoms with E-state index in [0.717, 1.165) is 50.6 Å². The van der Waals surface area contributed by atoms with E-state index >= 15 is 0 Å². The average Bonchev–Trinajstić information content (AvgIpc) is 3.13. The maximum absolute atomic E-state index is 13.0. The SMILES string of the molecule is CSN1CCC(Nc2ncc3cc(CO)c(=O)n(C4CCCC4C)c3n2)CC1. The number of aromatic nitrogens is 3. The summed E-state index contributed by atoms with van der Waals surface area (Å²) in [6, 6.07) is 2.21. The molecule has 2 fully saturated rings. The molecule has 2 aliphatic rings. The third-order valence-corrected chi connectivity index (χ3v) is 7.09. The Labute approximate surface area is 169 Å². The number of hydrogen-bond acceptors (Lipinski definition) is 7. The Morgan fingerprint density at radius 2 is 2.07 bits per heavy atom. The standard InChI is InChI=1S/C20H29N5O2S/c1-13-4-3-5-17(13)25-18-14(10-15(12-26)19(25)27)11-21-20(23-18)22-16-6-8-24(28-2)9-7-16/h10-11,13,16-17,26H,3-9,12H2,1-2H3,(H,21,22,23). The number of fused-ring (bicyclic) bond motifs is 1. The molecule has 8 heteroatoms. The summed E-state index contributed by atoms with van der Waals surface area (Å²) in [7, 11) is 0. The lowest BCUT2D eigenvalue weighted by Gasteiger charge is -2.30. The minimum atomic E-state index is -0.260. The lowest BCUT2D eigenvalue weighted by atomic mass is 10.1. The maximum Gasteiger partial charge on any atom is 0.258 e. The van der Waals surface area contributed by atoms with Crippen LogP contribution in [0.5, 0.6) is 0 Å². The normalized spacial score (nSPS) is 24.1. The summed E-state index contributed by atoms with van der Waals surface area (Å²) in [4.78, 5) is 22.3. The zero-order chi connectivity index (χ0) is 19.7. The van der Waals surface area contributed by atoms with Crippen molar-refractivity contribution in [1.82, 2.24) is 18.8 Å². The fraction of sp³-hybridized carbons (Fsp3) is 0.650. The molecule has 0 radical (unpaired) electrons. The predicted octanol–water partition coefficient (Wildman–Crippen LogP) is 2.80. The molecule has 2 unspecified atom stereocenters. The Morgan fingerprint density at radius 3 is 2.71 bits per heavy atom. The Morgan fingerprint density at radius 1 is 1.29 bits per heavy atom. The lowest BCUT2D eigenvalue weighted by Crippen LogP contribution is -2.36. The smallest absolute Gasteiger partial charge is 0.258 e. The number of nitrogens with zero attached hydrogens (tertiary/aromatic N) is 4. The number of rotatable bonds is 5. The summed E-state index contributed by atoms with van der Waals surface area (Å²) in [6.45, 7) is 4.04. The van der Waals surface area contributed by atoms with Crippen molar-refractivity contribution in [2.45, 2.75) is 57.7 Å². The molecule has 1 saturated carbocycles. The van der Waals surface area contributed by atoms with Crippen LogP contribution in [0.4, 0.5) is 5.95 Å². The number of piperidine rings is 1. The first-order valence-corrected chi connectivity index (χ1v) is 11.4. The molecular weight excluding hydrogens is 374 g/mol. The van der Waals surface area contributed by atoms with Crippen LogP contribution >= 0.6 is 11.9 Å². The third kappa shape index (κ3) is 3.77. The van der Waals surface area contributed by atoms with Gasteiger partial charge >= 0.3 is 0 Å². The fourth-order valence-electron chi connectivity index (χ4n) is 4.54. The number of anilines is 1. The van der Waals surface area contributed by atoms with E-state index in [1.165, 1.54) is 0 Å². The fourth-order valence-corrected chi connectivity index (χ4v) is 5.12. The van der Waals surface area contributed by atoms with Crippen LogP contribution < -0.4 is 10.9 Å². The summed E-state index contributed by atoms with van der Waals surface area (Å²) in [5.74, 6) is 1.02. The summed E-state index contributed by atoms with van der Waals surface area (Å²) in [6.07, 6.45) is 9.21. The Hall–Kier alpha value is -1.64. The second-order valence-electron chi connectivity index (χ2n) is 7.98. The summed E-state index contributed by atoms with van der Waals surface area (Å²) in [5.41, 5.74) is 0.979. The van der Waals surface area contributed by atoms with E-state index in [4.69, 9.17) is 4.98 Å². The minimum Gasteiger partial charge on any atom is -0.391 e. The van der Waals surface area contributed by atoms with Gasteiger partial charge in [0.05, 0.1) is 6.61 Å². The van der Waals surface area contributed by atoms with E-state index in [1.54, 1.807) is 24.2 Å². The Balaban J connectivity index is 1.69. The molecule has 1 saturated heterocycles. The van der Waals surface area contributed by atoms with Gasteiger partial charge in [-0.15, -0.1) is 0 Å². The highest BCUT2D eigenvalue weighted by molar-refractivity contribution is 7.96. The highest BCUT2D eigenvalue weighted by Gasteiger charge is 2.28. The first-order chi connectivity index (χ1) is 13.6. The Kier molecular flexibility index (Phi) is 5.89. The van der Waals surface area contributed by atoms with Gasteiger partial charge in [-0.2, -0.15) is 4.98 Å². The van der Waals surface area contributed by atoms with Crippen molar-refractivity contribution in [2.24, 2.45) is 5.92 Å². The zero-order valence-corrected chi connectivity index (χ0v) is 17.4. The van der Waals surface area contributed by atoms with Crippen molar-refractivity contribution < 1.29 is 5.11 Å². The molecule has 0 bridgehead atoms. The number of aliphatic hydroxyl groups is 1. The summed E-state index contributed by atoms with van der Waals surface area (Å²) in [5, 5.41) is 13.9. The molecule has 2 aromatic rings. The van der Waals surface area contributed by atoms with Gasteiger partial charge in [-0.05, 0) is 43.9 Å². The van der Waals surface area contributed by atoms with Crippen LogP contribution in [0.25, 0.3) is 11.0 Å². The van der Waals surface area contributed by atoms with Gasteiger partial charge in [0.15, 0.2) is 0 Å². The van der Waals surface area contributed by atoms with E-state index in [1.807, 2.05) is 4.57 Å². The van der Waals surface area contributed by atoms with E-state index in [9.17, 15) is 9.90 Å². The summed E-state index contributed by atoms with van der Waals surface area (Å²) < 4.78 is 4.19. The molecule has 0 amide bonds. The van der Waals surface area contributed by atoms with E-state index in [0.29, 0.717) is 29.1 Å². The van der Waals surface area contributed by atoms with Crippen molar-refractivity contribution in [1.29, 1.82) is 0 Å². The lowest BCUT2D eigenvalue weighted by molar-refractivity contribution is 0.278. The minimum absolute atomic E-state index is 0.119. The van der Waals surface area contributed by atoms with Crippen molar-refractivity contribution in [3.8, 4) is 0 Å². The molecule has 0 spiro atoms. The van der Waals surface area contributed by atoms with Crippen LogP contribution in [0.1, 0.15) is 50.6 Å². The molecule has 4 rings (SSSR count). The molecule has 2 aromatic heterocycles. The zero-order valence-electron chi connectivity index (χ0n) is 16.6. The quantitative estimate of drug-likeness (QED) is 0.743. The van der Waals surface area contributed by atoms with Gasteiger partial charge in [0, 0.05) is 42.3 Å². The van der Waals surface area contributed by atoms with Crippen molar-refractivity contribution in [2.75, 3.05) is 24.7 Å². The van der Waals surface area contributed by atoms with Crippen molar-refractivity contribution in [3.63, 3.8) is 0 Å². The van der Waals surface area contributed by atoms with Gasteiger partial charge in [0.1, 0.15) is 5.65 Å². The Bertz CT molecular complexity index is 894. The summed E-state index contributed by atoms with van der Waals surface area (Å²) >= 11 is 1.79. The van der Waals surface area contributed by atoms with Gasteiger partial charge in [-0.3, -0.25) is 13.7 Å².